The van der Waals surface area contributed by atoms with Crippen molar-refractivity contribution >= 4 is 16.0 Å². The first-order valence-electron chi connectivity index (χ1n) is 7.33. The third-order valence-electron chi connectivity index (χ3n) is 3.86. The molecule has 2 N–H and O–H groups in total. The van der Waals surface area contributed by atoms with E-state index in [2.05, 4.69) is 14.8 Å². The summed E-state index contributed by atoms with van der Waals surface area (Å²) in [5.74, 6) is -0.249. The van der Waals surface area contributed by atoms with E-state index in [1.807, 2.05) is 0 Å². The molecule has 1 aliphatic rings. The molecule has 1 unspecified atom stereocenters. The second kappa shape index (κ2) is 7.21. The minimum atomic E-state index is -3.64. The van der Waals surface area contributed by atoms with Gasteiger partial charge >= 0.3 is 5.97 Å². The predicted molar refractivity (Wildman–Crippen MR) is 83.3 cm³/mol. The first-order valence-corrected chi connectivity index (χ1v) is 8.81. The molecular formula is C15H22N2O4S. The Balaban J connectivity index is 2.15. The highest BCUT2D eigenvalue weighted by atomic mass is 32.2. The van der Waals surface area contributed by atoms with Gasteiger partial charge in [-0.05, 0) is 56.5 Å². The standard InChI is InChI=1S/C15H22N2O4S/c1-11-5-6-13(15(18)21-2)8-14(11)22(19,20)17-10-12-4-3-7-16-9-12/h5-6,8,12,16-17H,3-4,7,9-10H2,1-2H3. The zero-order valence-corrected chi connectivity index (χ0v) is 13.7. The Hall–Kier alpha value is -1.44. The Kier molecular flexibility index (Phi) is 5.55. The van der Waals surface area contributed by atoms with Crippen molar-refractivity contribution in [3.8, 4) is 0 Å². The number of hydrogen-bond acceptors (Lipinski definition) is 5. The second-order valence-corrected chi connectivity index (χ2v) is 7.27. The molecule has 1 heterocycles. The minimum absolute atomic E-state index is 0.124. The molecule has 0 aliphatic carbocycles. The fraction of sp³-hybridized carbons (Fsp3) is 0.533. The van der Waals surface area contributed by atoms with Crippen molar-refractivity contribution < 1.29 is 17.9 Å². The molecule has 0 spiro atoms. The average molecular weight is 326 g/mol. The molecule has 1 atom stereocenters. The van der Waals surface area contributed by atoms with E-state index in [4.69, 9.17) is 0 Å². The minimum Gasteiger partial charge on any atom is -0.465 e. The van der Waals surface area contributed by atoms with Crippen molar-refractivity contribution in [3.05, 3.63) is 29.3 Å². The van der Waals surface area contributed by atoms with Gasteiger partial charge < -0.3 is 10.1 Å². The van der Waals surface area contributed by atoms with Gasteiger partial charge in [0.2, 0.25) is 10.0 Å². The van der Waals surface area contributed by atoms with Crippen molar-refractivity contribution in [2.75, 3.05) is 26.7 Å². The molecule has 1 saturated heterocycles. The van der Waals surface area contributed by atoms with Crippen molar-refractivity contribution in [2.45, 2.75) is 24.7 Å². The maximum atomic E-state index is 12.5. The number of sulfonamides is 1. The first kappa shape index (κ1) is 16.9. The lowest BCUT2D eigenvalue weighted by molar-refractivity contribution is 0.0600. The first-order chi connectivity index (χ1) is 10.4. The van der Waals surface area contributed by atoms with E-state index >= 15 is 0 Å². The SMILES string of the molecule is COC(=O)c1ccc(C)c(S(=O)(=O)NCC2CCCNC2)c1. The van der Waals surface area contributed by atoms with Crippen molar-refractivity contribution in [3.63, 3.8) is 0 Å². The van der Waals surface area contributed by atoms with Gasteiger partial charge in [0.1, 0.15) is 0 Å². The average Bonchev–Trinajstić information content (AvgIpc) is 2.53. The second-order valence-electron chi connectivity index (χ2n) is 5.54. The summed E-state index contributed by atoms with van der Waals surface area (Å²) in [7, 11) is -2.37. The Labute approximate surface area is 131 Å². The Morgan fingerprint density at radius 1 is 1.45 bits per heavy atom. The summed E-state index contributed by atoms with van der Waals surface area (Å²) in [6.45, 7) is 3.92. The van der Waals surface area contributed by atoms with Crippen LogP contribution in [-0.2, 0) is 14.8 Å². The van der Waals surface area contributed by atoms with Crippen LogP contribution in [0.5, 0.6) is 0 Å². The number of methoxy groups -OCH3 is 1. The highest BCUT2D eigenvalue weighted by Crippen LogP contribution is 2.18. The normalized spacial score (nSPS) is 18.9. The monoisotopic (exact) mass is 326 g/mol. The molecule has 0 bridgehead atoms. The van der Waals surface area contributed by atoms with E-state index in [9.17, 15) is 13.2 Å². The van der Waals surface area contributed by atoms with Gasteiger partial charge in [-0.25, -0.2) is 17.9 Å². The molecule has 1 aliphatic heterocycles. The molecule has 1 aromatic carbocycles. The zero-order valence-electron chi connectivity index (χ0n) is 12.9. The van der Waals surface area contributed by atoms with Gasteiger partial charge in [-0.1, -0.05) is 6.07 Å². The fourth-order valence-corrected chi connectivity index (χ4v) is 3.92. The summed E-state index contributed by atoms with van der Waals surface area (Å²) >= 11 is 0. The van der Waals surface area contributed by atoms with Crippen LogP contribution in [0, 0.1) is 12.8 Å². The maximum absolute atomic E-state index is 12.5. The van der Waals surface area contributed by atoms with Gasteiger partial charge in [0.05, 0.1) is 17.6 Å². The van der Waals surface area contributed by atoms with E-state index < -0.39 is 16.0 Å². The molecule has 0 amide bonds. The summed E-state index contributed by atoms with van der Waals surface area (Å²) < 4.78 is 32.2. The molecule has 7 heteroatoms. The highest BCUT2D eigenvalue weighted by molar-refractivity contribution is 7.89. The number of piperidine rings is 1. The van der Waals surface area contributed by atoms with Crippen LogP contribution in [0.2, 0.25) is 0 Å². The highest BCUT2D eigenvalue weighted by Gasteiger charge is 2.21. The molecular weight excluding hydrogens is 304 g/mol. The number of nitrogens with one attached hydrogen (secondary N) is 2. The van der Waals surface area contributed by atoms with Crippen molar-refractivity contribution in [2.24, 2.45) is 5.92 Å². The lowest BCUT2D eigenvalue weighted by Gasteiger charge is -2.23. The van der Waals surface area contributed by atoms with Crippen LogP contribution in [0.4, 0.5) is 0 Å². The van der Waals surface area contributed by atoms with Gasteiger partial charge in [-0.3, -0.25) is 0 Å². The summed E-state index contributed by atoms with van der Waals surface area (Å²) in [5, 5.41) is 3.26. The molecule has 2 rings (SSSR count). The number of esters is 1. The molecule has 22 heavy (non-hydrogen) atoms. The molecule has 0 radical (unpaired) electrons. The summed E-state index contributed by atoms with van der Waals surface area (Å²) in [4.78, 5) is 11.7. The van der Waals surface area contributed by atoms with E-state index in [-0.39, 0.29) is 10.5 Å². The zero-order chi connectivity index (χ0) is 16.2. The van der Waals surface area contributed by atoms with E-state index in [0.29, 0.717) is 18.0 Å². The number of carbonyl (C=O) groups is 1. The lowest BCUT2D eigenvalue weighted by Crippen LogP contribution is -2.38. The van der Waals surface area contributed by atoms with Crippen LogP contribution in [-0.4, -0.2) is 41.1 Å². The van der Waals surface area contributed by atoms with E-state index in [1.165, 1.54) is 13.2 Å². The predicted octanol–water partition coefficient (Wildman–Crippen LogP) is 1.06. The lowest BCUT2D eigenvalue weighted by atomic mass is 10.0. The maximum Gasteiger partial charge on any atom is 0.337 e. The largest absolute Gasteiger partial charge is 0.465 e. The molecule has 1 aromatic rings. The smallest absolute Gasteiger partial charge is 0.337 e. The van der Waals surface area contributed by atoms with Gasteiger partial charge in [-0.15, -0.1) is 0 Å². The van der Waals surface area contributed by atoms with Crippen LogP contribution in [0.3, 0.4) is 0 Å². The Morgan fingerprint density at radius 2 is 2.23 bits per heavy atom. The Morgan fingerprint density at radius 3 is 2.86 bits per heavy atom. The van der Waals surface area contributed by atoms with Crippen LogP contribution >= 0.6 is 0 Å². The fourth-order valence-electron chi connectivity index (χ4n) is 2.54. The quantitative estimate of drug-likeness (QED) is 0.791. The topological polar surface area (TPSA) is 84.5 Å². The molecule has 122 valence electrons. The molecule has 1 fully saturated rings. The number of aryl methyl sites for hydroxylation is 1. The summed E-state index contributed by atoms with van der Waals surface area (Å²) in [6.07, 6.45) is 2.07. The summed E-state index contributed by atoms with van der Waals surface area (Å²) in [6, 6.07) is 4.54. The third kappa shape index (κ3) is 4.06. The number of rotatable bonds is 5. The van der Waals surface area contributed by atoms with Crippen molar-refractivity contribution in [1.82, 2.24) is 10.0 Å². The molecule has 6 nitrogen and oxygen atoms in total. The number of benzene rings is 1. The van der Waals surface area contributed by atoms with E-state index in [0.717, 1.165) is 25.9 Å². The number of hydrogen-bond donors (Lipinski definition) is 2. The van der Waals surface area contributed by atoms with Crippen LogP contribution < -0.4 is 10.0 Å². The van der Waals surface area contributed by atoms with Crippen LogP contribution in [0.25, 0.3) is 0 Å². The van der Waals surface area contributed by atoms with E-state index in [1.54, 1.807) is 19.1 Å². The Bertz CT molecular complexity index is 637. The van der Waals surface area contributed by atoms with Crippen LogP contribution in [0.1, 0.15) is 28.8 Å². The van der Waals surface area contributed by atoms with Gasteiger partial charge in [0.25, 0.3) is 0 Å². The van der Waals surface area contributed by atoms with Gasteiger partial charge in [0, 0.05) is 6.54 Å². The molecule has 0 aromatic heterocycles. The molecule has 0 saturated carbocycles. The number of carbonyl (C=O) groups excluding carboxylic acids is 1. The van der Waals surface area contributed by atoms with Crippen LogP contribution in [0.15, 0.2) is 23.1 Å². The van der Waals surface area contributed by atoms with Gasteiger partial charge in [0.15, 0.2) is 0 Å². The number of ether oxygens (including phenoxy) is 1. The third-order valence-corrected chi connectivity index (χ3v) is 5.43. The summed E-state index contributed by atoms with van der Waals surface area (Å²) in [5.41, 5.74) is 0.828. The van der Waals surface area contributed by atoms with Crippen molar-refractivity contribution in [1.29, 1.82) is 0 Å². The van der Waals surface area contributed by atoms with Gasteiger partial charge in [-0.2, -0.15) is 0 Å².